The van der Waals surface area contributed by atoms with Crippen LogP contribution in [0.25, 0.3) is 11.4 Å². The van der Waals surface area contributed by atoms with Gasteiger partial charge in [0.15, 0.2) is 0 Å². The van der Waals surface area contributed by atoms with Crippen LogP contribution in [0.3, 0.4) is 0 Å². The molecule has 1 atom stereocenters. The topological polar surface area (TPSA) is 103 Å². The molecule has 0 bridgehead atoms. The summed E-state index contributed by atoms with van der Waals surface area (Å²) in [6.07, 6.45) is 2.46. The van der Waals surface area contributed by atoms with E-state index in [4.69, 9.17) is 0 Å². The number of carbonyl (C=O) groups excluding carboxylic acids is 1. The van der Waals surface area contributed by atoms with Crippen LogP contribution in [-0.2, 0) is 0 Å². The number of H-pyrrole nitrogens is 1. The van der Waals surface area contributed by atoms with Crippen molar-refractivity contribution >= 4 is 17.5 Å². The van der Waals surface area contributed by atoms with Crippen LogP contribution in [-0.4, -0.2) is 40.1 Å². The molecule has 2 aromatic heterocycles. The highest BCUT2D eigenvalue weighted by Gasteiger charge is 2.25. The number of aryl methyl sites for hydroxylation is 1. The van der Waals surface area contributed by atoms with E-state index in [1.54, 1.807) is 13.1 Å². The summed E-state index contributed by atoms with van der Waals surface area (Å²) in [4.78, 5) is 37.4. The Bertz CT molecular complexity index is 1100. The first-order valence-corrected chi connectivity index (χ1v) is 9.59. The first kappa shape index (κ1) is 19.6. The molecule has 3 aromatic rings. The molecular weight excluding hydrogens is 387 g/mol. The van der Waals surface area contributed by atoms with Gasteiger partial charge in [0.05, 0.1) is 0 Å². The van der Waals surface area contributed by atoms with Crippen molar-refractivity contribution in [1.82, 2.24) is 20.3 Å². The van der Waals surface area contributed by atoms with Gasteiger partial charge in [-0.15, -0.1) is 0 Å². The number of urea groups is 1. The largest absolute Gasteiger partial charge is 0.354 e. The van der Waals surface area contributed by atoms with Crippen LogP contribution < -0.4 is 21.1 Å². The number of hydrogen-bond acceptors (Lipinski definition) is 5. The standard InChI is InChI=1S/C21H21FN6O2/c1-13-10-19(29)27-20(24-13)14-2-7-18(23-11-14)28-9-8-17(12-28)26-21(30)25-16-5-3-15(22)4-6-16/h2-7,10-11,17H,8-9,12H2,1H3,(H,24,27,29)(H2,25,26,30). The molecule has 2 amide bonds. The van der Waals surface area contributed by atoms with Crippen molar-refractivity contribution in [2.24, 2.45) is 0 Å². The van der Waals surface area contributed by atoms with Gasteiger partial charge in [-0.05, 0) is 49.7 Å². The predicted octanol–water partition coefficient (Wildman–Crippen LogP) is 2.68. The zero-order chi connectivity index (χ0) is 21.1. The summed E-state index contributed by atoms with van der Waals surface area (Å²) in [5, 5.41) is 5.63. The normalized spacial score (nSPS) is 15.8. The summed E-state index contributed by atoms with van der Waals surface area (Å²) in [5.74, 6) is 0.921. The minimum atomic E-state index is -0.351. The molecule has 1 unspecified atom stereocenters. The number of rotatable bonds is 4. The lowest BCUT2D eigenvalue weighted by Gasteiger charge is -2.18. The highest BCUT2D eigenvalue weighted by atomic mass is 19.1. The second-order valence-electron chi connectivity index (χ2n) is 7.18. The Morgan fingerprint density at radius 1 is 1.23 bits per heavy atom. The summed E-state index contributed by atoms with van der Waals surface area (Å²) < 4.78 is 13.0. The number of aromatic nitrogens is 3. The molecule has 154 valence electrons. The van der Waals surface area contributed by atoms with Gasteiger partial charge in [0.25, 0.3) is 5.56 Å². The molecule has 1 aliphatic rings. The van der Waals surface area contributed by atoms with Gasteiger partial charge in [-0.3, -0.25) is 4.79 Å². The SMILES string of the molecule is Cc1cc(=O)[nH]c(-c2ccc(N3CCC(NC(=O)Nc4ccc(F)cc4)C3)nc2)n1. The molecule has 3 heterocycles. The van der Waals surface area contributed by atoms with E-state index in [1.807, 2.05) is 12.1 Å². The lowest BCUT2D eigenvalue weighted by molar-refractivity contribution is 0.249. The number of nitrogens with zero attached hydrogens (tertiary/aromatic N) is 3. The Morgan fingerprint density at radius 3 is 2.73 bits per heavy atom. The fraction of sp³-hybridized carbons (Fsp3) is 0.238. The smallest absolute Gasteiger partial charge is 0.319 e. The average molecular weight is 408 g/mol. The molecule has 0 aliphatic carbocycles. The molecule has 8 nitrogen and oxygen atoms in total. The Morgan fingerprint density at radius 2 is 2.03 bits per heavy atom. The van der Waals surface area contributed by atoms with E-state index in [-0.39, 0.29) is 23.4 Å². The molecule has 30 heavy (non-hydrogen) atoms. The third-order valence-electron chi connectivity index (χ3n) is 4.84. The Kier molecular flexibility index (Phi) is 5.42. The molecule has 0 spiro atoms. The zero-order valence-corrected chi connectivity index (χ0v) is 16.4. The summed E-state index contributed by atoms with van der Waals surface area (Å²) in [5.41, 5.74) is 1.70. The first-order chi connectivity index (χ1) is 14.5. The third kappa shape index (κ3) is 4.62. The molecular formula is C21H21FN6O2. The molecule has 1 aromatic carbocycles. The van der Waals surface area contributed by atoms with Crippen LogP contribution in [0.5, 0.6) is 0 Å². The summed E-state index contributed by atoms with van der Waals surface area (Å²) >= 11 is 0. The lowest BCUT2D eigenvalue weighted by Crippen LogP contribution is -2.39. The maximum Gasteiger partial charge on any atom is 0.319 e. The fourth-order valence-electron chi connectivity index (χ4n) is 3.40. The number of carbonyl (C=O) groups is 1. The highest BCUT2D eigenvalue weighted by Crippen LogP contribution is 2.21. The summed E-state index contributed by atoms with van der Waals surface area (Å²) in [6.45, 7) is 3.15. The van der Waals surface area contributed by atoms with E-state index in [9.17, 15) is 14.0 Å². The van der Waals surface area contributed by atoms with Gasteiger partial charge in [0.1, 0.15) is 17.5 Å². The van der Waals surface area contributed by atoms with Gasteiger partial charge in [-0.2, -0.15) is 0 Å². The monoisotopic (exact) mass is 408 g/mol. The molecule has 1 aliphatic heterocycles. The third-order valence-corrected chi connectivity index (χ3v) is 4.84. The van der Waals surface area contributed by atoms with Gasteiger partial charge in [-0.25, -0.2) is 19.2 Å². The second-order valence-corrected chi connectivity index (χ2v) is 7.18. The summed E-state index contributed by atoms with van der Waals surface area (Å²) in [6, 6.07) is 10.4. The Balaban J connectivity index is 1.35. The number of hydrogen-bond donors (Lipinski definition) is 3. The molecule has 9 heteroatoms. The van der Waals surface area contributed by atoms with Crippen LogP contribution in [0.15, 0.2) is 53.5 Å². The van der Waals surface area contributed by atoms with Crippen molar-refractivity contribution in [3.05, 3.63) is 70.5 Å². The van der Waals surface area contributed by atoms with Crippen molar-refractivity contribution in [3.8, 4) is 11.4 Å². The number of halogens is 1. The number of nitrogens with one attached hydrogen (secondary N) is 3. The number of aromatic amines is 1. The van der Waals surface area contributed by atoms with Crippen molar-refractivity contribution in [3.63, 3.8) is 0 Å². The van der Waals surface area contributed by atoms with E-state index in [2.05, 4.69) is 30.5 Å². The lowest BCUT2D eigenvalue weighted by atomic mass is 10.2. The minimum Gasteiger partial charge on any atom is -0.354 e. The van der Waals surface area contributed by atoms with Crippen LogP contribution in [0.2, 0.25) is 0 Å². The van der Waals surface area contributed by atoms with E-state index in [1.165, 1.54) is 30.3 Å². The fourth-order valence-corrected chi connectivity index (χ4v) is 3.40. The van der Waals surface area contributed by atoms with Crippen LogP contribution >= 0.6 is 0 Å². The predicted molar refractivity (Wildman–Crippen MR) is 112 cm³/mol. The maximum absolute atomic E-state index is 13.0. The van der Waals surface area contributed by atoms with Gasteiger partial charge in [-0.1, -0.05) is 0 Å². The molecule has 4 rings (SSSR count). The Labute approximate surface area is 172 Å². The molecule has 1 fully saturated rings. The van der Waals surface area contributed by atoms with Crippen LogP contribution in [0.4, 0.5) is 20.7 Å². The Hall–Kier alpha value is -3.75. The zero-order valence-electron chi connectivity index (χ0n) is 16.4. The second kappa shape index (κ2) is 8.32. The van der Waals surface area contributed by atoms with Gasteiger partial charge in [0, 0.05) is 48.3 Å². The van der Waals surface area contributed by atoms with Crippen molar-refractivity contribution in [1.29, 1.82) is 0 Å². The van der Waals surface area contributed by atoms with Gasteiger partial charge >= 0.3 is 6.03 Å². The van der Waals surface area contributed by atoms with Crippen molar-refractivity contribution < 1.29 is 9.18 Å². The molecule has 3 N–H and O–H groups in total. The quantitative estimate of drug-likeness (QED) is 0.616. The number of pyridine rings is 1. The van der Waals surface area contributed by atoms with Gasteiger partial charge < -0.3 is 20.5 Å². The maximum atomic E-state index is 13.0. The molecule has 0 saturated carbocycles. The van der Waals surface area contributed by atoms with Gasteiger partial charge in [0.2, 0.25) is 0 Å². The first-order valence-electron chi connectivity index (χ1n) is 9.59. The van der Waals surface area contributed by atoms with Crippen molar-refractivity contribution in [2.45, 2.75) is 19.4 Å². The summed E-state index contributed by atoms with van der Waals surface area (Å²) in [7, 11) is 0. The number of anilines is 2. The highest BCUT2D eigenvalue weighted by molar-refractivity contribution is 5.89. The van der Waals surface area contributed by atoms with Crippen LogP contribution in [0.1, 0.15) is 12.1 Å². The van der Waals surface area contributed by atoms with E-state index < -0.39 is 0 Å². The van der Waals surface area contributed by atoms with E-state index in [0.29, 0.717) is 23.8 Å². The van der Waals surface area contributed by atoms with Crippen molar-refractivity contribution in [2.75, 3.05) is 23.3 Å². The van der Waals surface area contributed by atoms with E-state index in [0.717, 1.165) is 24.3 Å². The van der Waals surface area contributed by atoms with Crippen LogP contribution in [0, 0.1) is 12.7 Å². The number of benzene rings is 1. The molecule has 0 radical (unpaired) electrons. The van der Waals surface area contributed by atoms with E-state index >= 15 is 0 Å². The molecule has 1 saturated heterocycles. The minimum absolute atomic E-state index is 0.0262. The average Bonchev–Trinajstić information content (AvgIpc) is 3.17. The number of amides is 2.